The fraction of sp³-hybridized carbons (Fsp3) is 0.318. The molecular formula is C22H19F7N5O4+. The van der Waals surface area contributed by atoms with Gasteiger partial charge in [0.2, 0.25) is 17.4 Å². The number of likely N-dealkylation sites (tertiary alicyclic amines) is 1. The van der Waals surface area contributed by atoms with Crippen molar-refractivity contribution in [3.8, 4) is 0 Å². The molecule has 0 bridgehead atoms. The number of pyridine rings is 2. The number of nitrogens with zero attached hydrogens (tertiary/aromatic N) is 2. The number of halogens is 7. The maximum Gasteiger partial charge on any atom is 0.430 e. The van der Waals surface area contributed by atoms with Gasteiger partial charge in [-0.2, -0.15) is 30.7 Å². The van der Waals surface area contributed by atoms with Crippen molar-refractivity contribution >= 4 is 23.3 Å². The largest absolute Gasteiger partial charge is 0.542 e. The maximum atomic E-state index is 13.6. The molecule has 4 heterocycles. The predicted molar refractivity (Wildman–Crippen MR) is 110 cm³/mol. The number of aromatic nitrogens is 3. The summed E-state index contributed by atoms with van der Waals surface area (Å²) in [5.74, 6) is -4.62. The highest BCUT2D eigenvalue weighted by Crippen LogP contribution is 2.31. The van der Waals surface area contributed by atoms with Crippen LogP contribution in [0.3, 0.4) is 0 Å². The molecule has 0 radical (unpaired) electrons. The van der Waals surface area contributed by atoms with E-state index in [4.69, 9.17) is 9.90 Å². The number of carbonyl (C=O) groups excluding carboxylic acids is 3. The van der Waals surface area contributed by atoms with Crippen LogP contribution < -0.4 is 19.8 Å². The molecule has 1 saturated heterocycles. The Balaban J connectivity index is 0.000000505. The topological polar surface area (TPSA) is 124 Å². The van der Waals surface area contributed by atoms with E-state index in [9.17, 15) is 40.3 Å². The number of nitrogens with one attached hydrogen (secondary N) is 3. The minimum atomic E-state index is -5.19. The number of aliphatic carboxylic acids is 1. The summed E-state index contributed by atoms with van der Waals surface area (Å²) in [6, 6.07) is 6.58. The molecule has 3 aromatic heterocycles. The van der Waals surface area contributed by atoms with Crippen LogP contribution in [0, 0.1) is 0 Å². The number of hydrogen-bond acceptors (Lipinski definition) is 4. The number of hydrogen-bond donors (Lipinski definition) is 2. The van der Waals surface area contributed by atoms with Gasteiger partial charge in [-0.3, -0.25) is 9.59 Å². The lowest BCUT2D eigenvalue weighted by Crippen LogP contribution is -2.41. The van der Waals surface area contributed by atoms with Gasteiger partial charge in [0.1, 0.15) is 12.1 Å². The quantitative estimate of drug-likeness (QED) is 0.373. The molecule has 9 nitrogen and oxygen atoms in total. The third kappa shape index (κ3) is 6.54. The number of carboxylic acids is 1. The second-order valence-electron chi connectivity index (χ2n) is 7.99. The molecule has 4 rings (SSSR count). The molecule has 0 aliphatic carbocycles. The minimum Gasteiger partial charge on any atom is -0.542 e. The van der Waals surface area contributed by atoms with Gasteiger partial charge >= 0.3 is 24.1 Å². The number of carbonyl (C=O) groups is 3. The van der Waals surface area contributed by atoms with Gasteiger partial charge in [0.15, 0.2) is 11.7 Å². The molecule has 0 aromatic carbocycles. The van der Waals surface area contributed by atoms with Crippen molar-refractivity contribution in [2.45, 2.75) is 31.0 Å². The average Bonchev–Trinajstić information content (AvgIpc) is 3.45. The molecule has 1 fully saturated rings. The summed E-state index contributed by atoms with van der Waals surface area (Å²) in [6.45, 7) is 0.143. The normalized spacial score (nSPS) is 16.5. The first-order valence-corrected chi connectivity index (χ1v) is 10.8. The Morgan fingerprint density at radius 1 is 1.11 bits per heavy atom. The van der Waals surface area contributed by atoms with Gasteiger partial charge in [-0.25, -0.2) is 14.4 Å². The van der Waals surface area contributed by atoms with Crippen LogP contribution in [0.25, 0.3) is 5.52 Å². The van der Waals surface area contributed by atoms with Crippen LogP contribution in [0.5, 0.6) is 0 Å². The fourth-order valence-electron chi connectivity index (χ4n) is 3.59. The van der Waals surface area contributed by atoms with Crippen LogP contribution in [0.15, 0.2) is 48.8 Å². The van der Waals surface area contributed by atoms with Crippen LogP contribution >= 0.6 is 0 Å². The minimum absolute atomic E-state index is 0.0373. The molecule has 0 spiro atoms. The van der Waals surface area contributed by atoms with Gasteiger partial charge in [-0.15, -0.1) is 0 Å². The fourth-order valence-corrected chi connectivity index (χ4v) is 3.59. The van der Waals surface area contributed by atoms with Gasteiger partial charge < -0.3 is 20.1 Å². The van der Waals surface area contributed by atoms with Gasteiger partial charge in [-0.05, 0) is 18.6 Å². The van der Waals surface area contributed by atoms with E-state index in [0.717, 1.165) is 0 Å². The standard InChI is InChI=1S/C20H17F4N5O2.C2HF3O2/c21-12-7-10-28(11-12)19(31)17-26-15(14-6-2-4-9-29(14)17)18(30)27-16(20(22,23)24)13-5-1-3-8-25-13;3-2(4,5)1(6)7/h1-6,8-9,12,16H,7,10-11H2,(H,27,30);(H,6,7)/p+1/t12-,16?;/m0./s1. The first kappa shape index (κ1) is 28.3. The summed E-state index contributed by atoms with van der Waals surface area (Å²) >= 11 is 0. The van der Waals surface area contributed by atoms with Crippen LogP contribution in [-0.2, 0) is 4.79 Å². The molecule has 3 aromatic rings. The molecule has 3 N–H and O–H groups in total. The van der Waals surface area contributed by atoms with Gasteiger partial charge in [0.25, 0.3) is 5.91 Å². The Kier molecular flexibility index (Phi) is 8.22. The number of rotatable bonds is 4. The number of amides is 2. The van der Waals surface area contributed by atoms with E-state index in [-0.39, 0.29) is 42.2 Å². The van der Waals surface area contributed by atoms with E-state index in [1.165, 1.54) is 46.0 Å². The molecule has 16 heteroatoms. The Morgan fingerprint density at radius 3 is 2.29 bits per heavy atom. The molecule has 1 aliphatic rings. The maximum absolute atomic E-state index is 13.6. The molecule has 1 unspecified atom stereocenters. The smallest absolute Gasteiger partial charge is 0.430 e. The van der Waals surface area contributed by atoms with E-state index in [2.05, 4.69) is 9.97 Å². The second kappa shape index (κ2) is 11.0. The van der Waals surface area contributed by atoms with Crippen molar-refractivity contribution < 1.29 is 59.6 Å². The lowest BCUT2D eigenvalue weighted by molar-refractivity contribution is -0.514. The van der Waals surface area contributed by atoms with Gasteiger partial charge in [-0.1, -0.05) is 12.1 Å². The zero-order valence-corrected chi connectivity index (χ0v) is 19.1. The van der Waals surface area contributed by atoms with Crippen molar-refractivity contribution in [2.24, 2.45) is 0 Å². The highest BCUT2D eigenvalue weighted by atomic mass is 19.4. The lowest BCUT2D eigenvalue weighted by Gasteiger charge is -2.17. The summed E-state index contributed by atoms with van der Waals surface area (Å²) < 4.78 is 87.3. The summed E-state index contributed by atoms with van der Waals surface area (Å²) in [6.07, 6.45) is -8.04. The van der Waals surface area contributed by atoms with Crippen LogP contribution in [0.4, 0.5) is 30.7 Å². The zero-order valence-electron chi connectivity index (χ0n) is 19.1. The van der Waals surface area contributed by atoms with E-state index in [1.54, 1.807) is 12.1 Å². The summed E-state index contributed by atoms with van der Waals surface area (Å²) in [4.78, 5) is 40.9. The van der Waals surface area contributed by atoms with Crippen LogP contribution in [-0.4, -0.2) is 59.3 Å². The van der Waals surface area contributed by atoms with Crippen LogP contribution in [0.1, 0.15) is 39.3 Å². The highest BCUT2D eigenvalue weighted by Gasteiger charge is 2.46. The van der Waals surface area contributed by atoms with Gasteiger partial charge in [0, 0.05) is 18.7 Å². The molecule has 38 heavy (non-hydrogen) atoms. The van der Waals surface area contributed by atoms with Crippen molar-refractivity contribution in [1.82, 2.24) is 15.2 Å². The third-order valence-corrected chi connectivity index (χ3v) is 5.33. The lowest BCUT2D eigenvalue weighted by atomic mass is 10.1. The SMILES string of the molecule is O=C(NC(c1cccc[nH+]1)C(F)(F)F)c1[nH]c(C(=O)N2CC[C@H](F)C2)[n+]2ccccc12.O=C([O-])C(F)(F)F. The number of H-pyrrole nitrogens is 2. The van der Waals surface area contributed by atoms with Crippen molar-refractivity contribution in [3.63, 3.8) is 0 Å². The Hall–Kier alpha value is -4.24. The first-order valence-electron chi connectivity index (χ1n) is 10.8. The number of alkyl halides is 7. The van der Waals surface area contributed by atoms with E-state index < -0.39 is 42.3 Å². The monoisotopic (exact) mass is 550 g/mol. The first-order chi connectivity index (χ1) is 17.7. The Morgan fingerprint density at radius 2 is 1.76 bits per heavy atom. The second-order valence-corrected chi connectivity index (χ2v) is 7.99. The van der Waals surface area contributed by atoms with Gasteiger partial charge in [0.05, 0.1) is 12.7 Å². The summed E-state index contributed by atoms with van der Waals surface area (Å²) in [5, 5.41) is 10.8. The molecule has 1 aliphatic heterocycles. The zero-order chi connectivity index (χ0) is 28.3. The van der Waals surface area contributed by atoms with Crippen molar-refractivity contribution in [1.29, 1.82) is 0 Å². The number of aromatic amines is 2. The number of fused-ring (bicyclic) bond motifs is 1. The molecule has 2 atom stereocenters. The Labute approximate surface area is 208 Å². The Bertz CT molecular complexity index is 1310. The van der Waals surface area contributed by atoms with E-state index in [1.807, 2.05) is 5.32 Å². The highest BCUT2D eigenvalue weighted by molar-refractivity contribution is 6.00. The average molecular weight is 550 g/mol. The van der Waals surface area contributed by atoms with Crippen molar-refractivity contribution in [3.05, 3.63) is 66.0 Å². The molecule has 0 saturated carbocycles. The molecule has 204 valence electrons. The van der Waals surface area contributed by atoms with Crippen LogP contribution in [0.2, 0.25) is 0 Å². The third-order valence-electron chi connectivity index (χ3n) is 5.33. The van der Waals surface area contributed by atoms with E-state index >= 15 is 0 Å². The summed E-state index contributed by atoms with van der Waals surface area (Å²) in [7, 11) is 0. The van der Waals surface area contributed by atoms with Crippen molar-refractivity contribution in [2.75, 3.05) is 13.1 Å². The predicted octanol–water partition coefficient (Wildman–Crippen LogP) is 1.08. The molecular weight excluding hydrogens is 531 g/mol. The summed E-state index contributed by atoms with van der Waals surface area (Å²) in [5.41, 5.74) is -0.225. The number of imidazole rings is 1. The molecule has 2 amide bonds. The number of carboxylic acid groups (broad SMARTS) is 1. The van der Waals surface area contributed by atoms with E-state index in [0.29, 0.717) is 0 Å².